The number of aliphatic hydroxyl groups excluding tert-OH is 2. The number of carbonyl (C=O) groups excluding carboxylic acids is 1. The second kappa shape index (κ2) is 22.3. The molecule has 2 aromatic rings. The molecule has 12 heteroatoms. The SMILES string of the molecule is CCC1C=CC2C(C1)C1C=CC(=O)C3(Cc4ccc(O)c(OC)c4)CCCC3CC#CNC(=NC)Nc3cc(cc(OC4(CNC)CCC(CC(O)OC5CCCC5)C4)c3O)C13CCCC3C2CCCO. The third kappa shape index (κ3) is 10.4. The second-order valence-corrected chi connectivity index (χ2v) is 22.6. The molecule has 71 heavy (non-hydrogen) atoms. The molecule has 2 aromatic carbocycles. The van der Waals surface area contributed by atoms with Gasteiger partial charge in [0.1, 0.15) is 5.60 Å². The number of nitrogens with zero attached hydrogens (tertiary/aromatic N) is 1. The molecular formula is C59H82N4O8. The summed E-state index contributed by atoms with van der Waals surface area (Å²) in [6.45, 7) is 2.98. The van der Waals surface area contributed by atoms with Gasteiger partial charge in [-0.1, -0.05) is 62.8 Å². The Bertz CT molecular complexity index is 2350. The van der Waals surface area contributed by atoms with Crippen molar-refractivity contribution in [1.29, 1.82) is 0 Å². The smallest absolute Gasteiger partial charge is 0.207 e. The molecule has 5 saturated carbocycles. The van der Waals surface area contributed by atoms with Gasteiger partial charge in [0.25, 0.3) is 0 Å². The Kier molecular flexibility index (Phi) is 16.1. The van der Waals surface area contributed by atoms with Crippen LogP contribution in [-0.2, 0) is 21.4 Å². The van der Waals surface area contributed by atoms with Gasteiger partial charge in [-0.05, 0) is 186 Å². The molecule has 12 nitrogen and oxygen atoms in total. The van der Waals surface area contributed by atoms with Crippen molar-refractivity contribution >= 4 is 17.4 Å². The zero-order valence-electron chi connectivity index (χ0n) is 42.9. The van der Waals surface area contributed by atoms with E-state index in [1.165, 1.54) is 0 Å². The monoisotopic (exact) mass is 975 g/mol. The molecule has 386 valence electrons. The number of aromatic hydroxyl groups is 2. The Morgan fingerprint density at radius 1 is 0.986 bits per heavy atom. The quantitative estimate of drug-likeness (QED) is 0.0392. The summed E-state index contributed by atoms with van der Waals surface area (Å²) in [6.07, 6.45) is 25.9. The van der Waals surface area contributed by atoms with Gasteiger partial charge in [-0.15, -0.1) is 0 Å². The number of ether oxygens (including phenoxy) is 3. The maximum Gasteiger partial charge on any atom is 0.207 e. The molecule has 12 unspecified atom stereocenters. The first-order valence-corrected chi connectivity index (χ1v) is 27.4. The Labute approximate surface area is 422 Å². The highest BCUT2D eigenvalue weighted by molar-refractivity contribution is 5.97. The van der Waals surface area contributed by atoms with E-state index in [1.54, 1.807) is 20.2 Å². The zero-order chi connectivity index (χ0) is 49.8. The number of guanidine groups is 1. The van der Waals surface area contributed by atoms with Crippen molar-refractivity contribution in [3.05, 3.63) is 65.8 Å². The summed E-state index contributed by atoms with van der Waals surface area (Å²) in [5.74, 6) is 6.42. The van der Waals surface area contributed by atoms with Crippen molar-refractivity contribution in [1.82, 2.24) is 10.6 Å². The maximum atomic E-state index is 15.6. The van der Waals surface area contributed by atoms with Gasteiger partial charge in [0.2, 0.25) is 5.96 Å². The summed E-state index contributed by atoms with van der Waals surface area (Å²) in [7, 11) is 5.20. The van der Waals surface area contributed by atoms with Crippen molar-refractivity contribution < 1.29 is 39.4 Å². The Hall–Kier alpha value is -4.54. The number of nitrogens with one attached hydrogen (secondary N) is 3. The topological polar surface area (TPSA) is 174 Å². The van der Waals surface area contributed by atoms with E-state index in [2.05, 4.69) is 70.2 Å². The Morgan fingerprint density at radius 3 is 2.59 bits per heavy atom. The van der Waals surface area contributed by atoms with Crippen molar-refractivity contribution in [2.24, 2.45) is 57.8 Å². The highest BCUT2D eigenvalue weighted by Gasteiger charge is 2.61. The number of aliphatic hydroxyl groups is 2. The fourth-order valence-corrected chi connectivity index (χ4v) is 15.5. The number of methoxy groups -OCH3 is 1. The van der Waals surface area contributed by atoms with Crippen LogP contribution in [0.3, 0.4) is 0 Å². The van der Waals surface area contributed by atoms with Crippen LogP contribution in [0, 0.1) is 64.7 Å². The standard InChI is InChI=1S/C59H82N4O8/c1-5-38-18-20-44-45(16-11-29-64)47-17-9-26-59(47)42-33-49(55(68)52(34-42)71-57(37-60-2)27-24-40(35-57)32-54(67)70-43-14-6-7-15-43)63-56(61-3)62-28-10-13-41-12-8-25-58(41,53(66)23-21-48(59)46(44)30-38)36-39-19-22-50(65)51(31-39)69-4/h18-23,31,33-34,38,40-41,43-48,54,60,64-65,67-68H,5-9,11-17,24-27,29-30,32,35-37H2,1-4H3,(H2,61,62,63). The number of allylic oxidation sites excluding steroid dienone is 4. The van der Waals surface area contributed by atoms with Gasteiger partial charge < -0.3 is 45.3 Å². The summed E-state index contributed by atoms with van der Waals surface area (Å²) in [4.78, 5) is 20.2. The highest BCUT2D eigenvalue weighted by atomic mass is 16.6. The van der Waals surface area contributed by atoms with E-state index in [9.17, 15) is 20.4 Å². The summed E-state index contributed by atoms with van der Waals surface area (Å²) in [5, 5.41) is 54.8. The zero-order valence-corrected chi connectivity index (χ0v) is 42.9. The summed E-state index contributed by atoms with van der Waals surface area (Å²) < 4.78 is 19.0. The molecule has 1 aliphatic heterocycles. The summed E-state index contributed by atoms with van der Waals surface area (Å²) in [6, 6.07) is 12.9. The molecule has 9 rings (SSSR count). The summed E-state index contributed by atoms with van der Waals surface area (Å²) in [5.41, 5.74) is 0.713. The number of benzene rings is 2. The van der Waals surface area contributed by atoms with Crippen molar-refractivity contribution in [2.45, 2.75) is 159 Å². The van der Waals surface area contributed by atoms with E-state index in [4.69, 9.17) is 14.2 Å². The van der Waals surface area contributed by atoms with Crippen LogP contribution in [0.5, 0.6) is 23.0 Å². The average molecular weight is 975 g/mol. The number of hydrogen-bond acceptors (Lipinski definition) is 10. The first-order valence-electron chi connectivity index (χ1n) is 27.4. The van der Waals surface area contributed by atoms with Gasteiger partial charge in [-0.3, -0.25) is 15.1 Å². The van der Waals surface area contributed by atoms with Gasteiger partial charge in [-0.25, -0.2) is 0 Å². The van der Waals surface area contributed by atoms with E-state index in [1.807, 2.05) is 25.3 Å². The third-order valence-electron chi connectivity index (χ3n) is 18.8. The molecule has 7 N–H and O–H groups in total. The third-order valence-corrected chi connectivity index (χ3v) is 18.8. The van der Waals surface area contributed by atoms with Gasteiger partial charge in [0.15, 0.2) is 35.1 Å². The Balaban J connectivity index is 1.18. The number of likely N-dealkylation sites (N-methyl/N-ethyl adjacent to an activating group) is 1. The van der Waals surface area contributed by atoms with E-state index >= 15 is 4.79 Å². The van der Waals surface area contributed by atoms with Crippen LogP contribution in [-0.4, -0.2) is 84.5 Å². The van der Waals surface area contributed by atoms with E-state index in [-0.39, 0.29) is 59.6 Å². The molecular weight excluding hydrogens is 893 g/mol. The maximum absolute atomic E-state index is 15.6. The first kappa shape index (κ1) is 51.4. The number of phenolic OH excluding ortho intramolecular Hbond substituents is 2. The molecule has 0 aromatic heterocycles. The van der Waals surface area contributed by atoms with Gasteiger partial charge in [-0.2, -0.15) is 0 Å². The lowest BCUT2D eigenvalue weighted by Crippen LogP contribution is -2.54. The first-order chi connectivity index (χ1) is 34.5. The Morgan fingerprint density at radius 2 is 1.82 bits per heavy atom. The van der Waals surface area contributed by atoms with E-state index in [0.717, 1.165) is 114 Å². The molecule has 0 amide bonds. The lowest BCUT2D eigenvalue weighted by atomic mass is 9.46. The van der Waals surface area contributed by atoms with Crippen LogP contribution in [0.25, 0.3) is 0 Å². The lowest BCUT2D eigenvalue weighted by Gasteiger charge is -2.58. The van der Waals surface area contributed by atoms with E-state index in [0.29, 0.717) is 73.1 Å². The number of rotatable bonds is 15. The molecule has 1 spiro atoms. The molecule has 1 heterocycles. The second-order valence-electron chi connectivity index (χ2n) is 22.6. The van der Waals surface area contributed by atoms with Gasteiger partial charge in [0, 0.05) is 49.9 Å². The fraction of sp³-hybridized carbons (Fsp3) is 0.661. The number of carbonyl (C=O) groups is 1. The number of anilines is 1. The van der Waals surface area contributed by atoms with E-state index < -0.39 is 22.7 Å². The fourth-order valence-electron chi connectivity index (χ4n) is 15.5. The average Bonchev–Trinajstić information content (AvgIpc) is 4.21. The number of hydrogen-bond donors (Lipinski definition) is 7. The molecule has 6 aliphatic carbocycles. The minimum Gasteiger partial charge on any atom is -0.504 e. The number of fused-ring (bicyclic) bond motifs is 5. The number of phenols is 2. The van der Waals surface area contributed by atoms with Crippen LogP contribution >= 0.6 is 0 Å². The molecule has 7 aliphatic rings. The number of ketones is 1. The normalized spacial score (nSPS) is 34.6. The van der Waals surface area contributed by atoms with Crippen LogP contribution in [0.15, 0.2) is 59.6 Å². The molecule has 0 saturated heterocycles. The van der Waals surface area contributed by atoms with Crippen molar-refractivity contribution in [2.75, 3.05) is 39.7 Å². The van der Waals surface area contributed by atoms with Crippen LogP contribution in [0.4, 0.5) is 5.69 Å². The van der Waals surface area contributed by atoms with Gasteiger partial charge in [0.05, 0.1) is 18.9 Å². The van der Waals surface area contributed by atoms with Crippen LogP contribution in [0.1, 0.15) is 140 Å². The lowest BCUT2D eigenvalue weighted by molar-refractivity contribution is -0.143. The number of aliphatic imine (C=N–C) groups is 1. The van der Waals surface area contributed by atoms with Gasteiger partial charge >= 0.3 is 0 Å². The predicted octanol–water partition coefficient (Wildman–Crippen LogP) is 9.69. The summed E-state index contributed by atoms with van der Waals surface area (Å²) >= 11 is 0. The minimum atomic E-state index is -0.819. The minimum absolute atomic E-state index is 0.00119. The molecule has 5 fully saturated rings. The molecule has 0 radical (unpaired) electrons. The largest absolute Gasteiger partial charge is 0.504 e. The molecule has 12 atom stereocenters. The molecule has 2 bridgehead atoms. The highest BCUT2D eigenvalue weighted by Crippen LogP contribution is 2.66. The van der Waals surface area contributed by atoms with Crippen molar-refractivity contribution in [3.63, 3.8) is 0 Å². The van der Waals surface area contributed by atoms with Crippen molar-refractivity contribution in [3.8, 4) is 35.0 Å². The van der Waals surface area contributed by atoms with Crippen LogP contribution < -0.4 is 25.4 Å². The van der Waals surface area contributed by atoms with Crippen LogP contribution in [0.2, 0.25) is 0 Å². The predicted molar refractivity (Wildman–Crippen MR) is 278 cm³/mol.